The summed E-state index contributed by atoms with van der Waals surface area (Å²) in [5.74, 6) is 1.10. The molecule has 0 aromatic heterocycles. The average Bonchev–Trinajstić information content (AvgIpc) is 2.46. The highest BCUT2D eigenvalue weighted by Gasteiger charge is 2.05. The van der Waals surface area contributed by atoms with E-state index in [1.165, 1.54) is 0 Å². The Morgan fingerprint density at radius 1 is 1.05 bits per heavy atom. The Balaban J connectivity index is 1.74. The maximum atomic E-state index is 11.8. The molecule has 2 aromatic rings. The zero-order valence-electron chi connectivity index (χ0n) is 11.6. The Bertz CT molecular complexity index is 664. The number of halogens is 3. The second kappa shape index (κ2) is 8.68. The highest BCUT2D eigenvalue weighted by Crippen LogP contribution is 2.21. The summed E-state index contributed by atoms with van der Waals surface area (Å²) < 4.78 is 0. The van der Waals surface area contributed by atoms with Crippen molar-refractivity contribution < 1.29 is 4.79 Å². The lowest BCUT2D eigenvalue weighted by Crippen LogP contribution is -2.24. The van der Waals surface area contributed by atoms with Crippen molar-refractivity contribution in [1.29, 1.82) is 0 Å². The van der Waals surface area contributed by atoms with E-state index in [0.717, 1.165) is 16.9 Å². The lowest BCUT2D eigenvalue weighted by Gasteiger charge is -2.07. The van der Waals surface area contributed by atoms with Gasteiger partial charge in [-0.25, -0.2) is 0 Å². The van der Waals surface area contributed by atoms with Gasteiger partial charge in [-0.2, -0.15) is 0 Å². The number of benzene rings is 2. The minimum absolute atomic E-state index is 0.0296. The van der Waals surface area contributed by atoms with Gasteiger partial charge in [0.05, 0.1) is 5.75 Å². The molecular formula is C16H14Cl3NOS. The molecule has 22 heavy (non-hydrogen) atoms. The molecule has 2 nitrogen and oxygen atoms in total. The van der Waals surface area contributed by atoms with Gasteiger partial charge in [0.15, 0.2) is 0 Å². The normalized spacial score (nSPS) is 10.5. The molecule has 0 fully saturated rings. The summed E-state index contributed by atoms with van der Waals surface area (Å²) in [5.41, 5.74) is 1.95. The number of hydrogen-bond acceptors (Lipinski definition) is 2. The minimum atomic E-state index is -0.0296. The first-order valence-electron chi connectivity index (χ1n) is 6.57. The van der Waals surface area contributed by atoms with Crippen LogP contribution in [-0.4, -0.2) is 11.7 Å². The van der Waals surface area contributed by atoms with Crippen molar-refractivity contribution in [3.63, 3.8) is 0 Å². The second-order valence-corrected chi connectivity index (χ2v) is 6.90. The SMILES string of the molecule is O=C(CSCc1cccc(Cl)c1)NCc1ccc(Cl)cc1Cl. The zero-order valence-corrected chi connectivity index (χ0v) is 14.7. The van der Waals surface area contributed by atoms with Crippen molar-refractivity contribution in [2.45, 2.75) is 12.3 Å². The molecule has 0 unspecified atom stereocenters. The van der Waals surface area contributed by atoms with Gasteiger partial charge in [-0.15, -0.1) is 11.8 Å². The van der Waals surface area contributed by atoms with Gasteiger partial charge in [0, 0.05) is 27.4 Å². The summed E-state index contributed by atoms with van der Waals surface area (Å²) in [5, 5.41) is 4.69. The Morgan fingerprint density at radius 2 is 1.82 bits per heavy atom. The average molecular weight is 375 g/mol. The van der Waals surface area contributed by atoms with Crippen molar-refractivity contribution in [1.82, 2.24) is 5.32 Å². The van der Waals surface area contributed by atoms with Crippen LogP contribution < -0.4 is 5.32 Å². The first kappa shape index (κ1) is 17.5. The molecule has 0 aliphatic heterocycles. The van der Waals surface area contributed by atoms with Gasteiger partial charge in [0.2, 0.25) is 5.91 Å². The Morgan fingerprint density at radius 3 is 2.55 bits per heavy atom. The number of hydrogen-bond donors (Lipinski definition) is 1. The lowest BCUT2D eigenvalue weighted by molar-refractivity contribution is -0.118. The third-order valence-electron chi connectivity index (χ3n) is 2.88. The predicted molar refractivity (Wildman–Crippen MR) is 95.9 cm³/mol. The monoisotopic (exact) mass is 373 g/mol. The van der Waals surface area contributed by atoms with Gasteiger partial charge in [0.25, 0.3) is 0 Å². The molecule has 0 aliphatic carbocycles. The number of amides is 1. The Kier molecular flexibility index (Phi) is 6.90. The molecule has 116 valence electrons. The quantitative estimate of drug-likeness (QED) is 0.753. The molecule has 1 amide bonds. The summed E-state index contributed by atoms with van der Waals surface area (Å²) in [7, 11) is 0. The van der Waals surface area contributed by atoms with Gasteiger partial charge in [0.1, 0.15) is 0 Å². The molecule has 6 heteroatoms. The number of thioether (sulfide) groups is 1. The van der Waals surface area contributed by atoms with Crippen molar-refractivity contribution in [3.8, 4) is 0 Å². The van der Waals surface area contributed by atoms with Crippen molar-refractivity contribution in [2.75, 3.05) is 5.75 Å². The van der Waals surface area contributed by atoms with E-state index in [1.807, 2.05) is 30.3 Å². The number of rotatable bonds is 6. The molecule has 0 aliphatic rings. The highest BCUT2D eigenvalue weighted by atomic mass is 35.5. The summed E-state index contributed by atoms with van der Waals surface area (Å²) in [6.07, 6.45) is 0. The smallest absolute Gasteiger partial charge is 0.230 e. The fourth-order valence-corrected chi connectivity index (χ4v) is 3.29. The van der Waals surface area contributed by atoms with Crippen LogP contribution in [0.25, 0.3) is 0 Å². The van der Waals surface area contributed by atoms with Crippen molar-refractivity contribution in [3.05, 3.63) is 68.7 Å². The first-order valence-corrected chi connectivity index (χ1v) is 8.86. The topological polar surface area (TPSA) is 29.1 Å². The zero-order chi connectivity index (χ0) is 15.9. The summed E-state index contributed by atoms with van der Waals surface area (Å²) >= 11 is 19.4. The second-order valence-electron chi connectivity index (χ2n) is 4.64. The Hall–Kier alpha value is -0.870. The first-order chi connectivity index (χ1) is 10.5. The largest absolute Gasteiger partial charge is 0.351 e. The van der Waals surface area contributed by atoms with E-state index in [9.17, 15) is 4.79 Å². The van der Waals surface area contributed by atoms with Gasteiger partial charge < -0.3 is 5.32 Å². The summed E-state index contributed by atoms with van der Waals surface area (Å²) in [4.78, 5) is 11.8. The summed E-state index contributed by atoms with van der Waals surface area (Å²) in [6.45, 7) is 0.395. The summed E-state index contributed by atoms with van der Waals surface area (Å²) in [6, 6.07) is 12.9. The van der Waals surface area contributed by atoms with Crippen LogP contribution >= 0.6 is 46.6 Å². The van der Waals surface area contributed by atoms with Crippen LogP contribution in [-0.2, 0) is 17.1 Å². The molecule has 0 radical (unpaired) electrons. The van der Waals surface area contributed by atoms with E-state index < -0.39 is 0 Å². The van der Waals surface area contributed by atoms with E-state index in [2.05, 4.69) is 5.32 Å². The Labute approximate surface area is 149 Å². The van der Waals surface area contributed by atoms with E-state index >= 15 is 0 Å². The minimum Gasteiger partial charge on any atom is -0.351 e. The van der Waals surface area contributed by atoms with E-state index in [1.54, 1.807) is 23.9 Å². The molecule has 0 atom stereocenters. The van der Waals surface area contributed by atoms with Gasteiger partial charge in [-0.3, -0.25) is 4.79 Å². The highest BCUT2D eigenvalue weighted by molar-refractivity contribution is 7.99. The van der Waals surface area contributed by atoms with Crippen LogP contribution in [0.5, 0.6) is 0 Å². The van der Waals surface area contributed by atoms with E-state index in [0.29, 0.717) is 27.4 Å². The van der Waals surface area contributed by atoms with Crippen LogP contribution in [0.2, 0.25) is 15.1 Å². The maximum Gasteiger partial charge on any atom is 0.230 e. The van der Waals surface area contributed by atoms with E-state index in [-0.39, 0.29) is 5.91 Å². The third-order valence-corrected chi connectivity index (χ3v) is 4.71. The van der Waals surface area contributed by atoms with Crippen LogP contribution in [0.3, 0.4) is 0 Å². The van der Waals surface area contributed by atoms with Crippen molar-refractivity contribution >= 4 is 52.5 Å². The predicted octanol–water partition coefficient (Wildman–Crippen LogP) is 5.20. The van der Waals surface area contributed by atoms with Gasteiger partial charge in [-0.05, 0) is 35.4 Å². The molecule has 0 bridgehead atoms. The van der Waals surface area contributed by atoms with Crippen LogP contribution in [0.15, 0.2) is 42.5 Å². The fraction of sp³-hybridized carbons (Fsp3) is 0.188. The molecule has 0 heterocycles. The molecule has 2 rings (SSSR count). The lowest BCUT2D eigenvalue weighted by atomic mass is 10.2. The van der Waals surface area contributed by atoms with Crippen LogP contribution in [0.4, 0.5) is 0 Å². The molecular weight excluding hydrogens is 361 g/mol. The molecule has 0 saturated carbocycles. The fourth-order valence-electron chi connectivity index (χ4n) is 1.80. The molecule has 2 aromatic carbocycles. The van der Waals surface area contributed by atoms with Crippen LogP contribution in [0.1, 0.15) is 11.1 Å². The van der Waals surface area contributed by atoms with Gasteiger partial charge >= 0.3 is 0 Å². The van der Waals surface area contributed by atoms with Crippen LogP contribution in [0, 0.1) is 0 Å². The van der Waals surface area contributed by atoms with Gasteiger partial charge in [-0.1, -0.05) is 53.0 Å². The molecule has 0 spiro atoms. The maximum absolute atomic E-state index is 11.8. The number of carbonyl (C=O) groups is 1. The molecule has 1 N–H and O–H groups in total. The number of nitrogens with one attached hydrogen (secondary N) is 1. The molecule has 0 saturated heterocycles. The van der Waals surface area contributed by atoms with E-state index in [4.69, 9.17) is 34.8 Å². The standard InChI is InChI=1S/C16H14Cl3NOS/c17-13-3-1-2-11(6-13)9-22-10-16(21)20-8-12-4-5-14(18)7-15(12)19/h1-7H,8-10H2,(H,20,21). The van der Waals surface area contributed by atoms with Crippen molar-refractivity contribution in [2.24, 2.45) is 0 Å². The number of carbonyl (C=O) groups excluding carboxylic acids is 1. The third kappa shape index (κ3) is 5.73.